The molecule has 0 radical (unpaired) electrons. The van der Waals surface area contributed by atoms with E-state index in [0.29, 0.717) is 5.95 Å². The van der Waals surface area contributed by atoms with E-state index in [1.807, 2.05) is 0 Å². The van der Waals surface area contributed by atoms with Crippen LogP contribution in [0.3, 0.4) is 0 Å². The Kier molecular flexibility index (Phi) is 3.42. The van der Waals surface area contributed by atoms with Gasteiger partial charge in [-0.2, -0.15) is 4.98 Å². The molecular weight excluding hydrogens is 258 g/mol. The zero-order valence-corrected chi connectivity index (χ0v) is 11.3. The number of rotatable bonds is 5. The van der Waals surface area contributed by atoms with E-state index in [4.69, 9.17) is 5.73 Å². The van der Waals surface area contributed by atoms with Crippen molar-refractivity contribution in [2.45, 2.75) is 32.1 Å². The average Bonchev–Trinajstić information content (AvgIpc) is 3.00. The van der Waals surface area contributed by atoms with Crippen LogP contribution >= 0.6 is 0 Å². The quantitative estimate of drug-likeness (QED) is 0.631. The molecule has 2 fully saturated rings. The predicted molar refractivity (Wildman–Crippen MR) is 75.1 cm³/mol. The molecule has 3 rings (SSSR count). The van der Waals surface area contributed by atoms with Crippen LogP contribution < -0.4 is 11.1 Å². The van der Waals surface area contributed by atoms with Crippen LogP contribution in [-0.2, 0) is 0 Å². The average molecular weight is 277 g/mol. The first-order valence-corrected chi connectivity index (χ1v) is 7.14. The Labute approximate surface area is 117 Å². The van der Waals surface area contributed by atoms with Crippen molar-refractivity contribution in [2.24, 2.45) is 17.8 Å². The fraction of sp³-hybridized carbons (Fsp3) is 0.692. The molecule has 0 aromatic carbocycles. The Hall–Kier alpha value is -1.92. The summed E-state index contributed by atoms with van der Waals surface area (Å²) in [4.78, 5) is 17.9. The van der Waals surface area contributed by atoms with Crippen LogP contribution in [0.1, 0.15) is 32.1 Å². The number of nitrogens with one attached hydrogen (secondary N) is 1. The van der Waals surface area contributed by atoms with Crippen molar-refractivity contribution < 1.29 is 4.92 Å². The molecule has 2 bridgehead atoms. The molecule has 108 valence electrons. The van der Waals surface area contributed by atoms with Gasteiger partial charge in [0.25, 0.3) is 0 Å². The summed E-state index contributed by atoms with van der Waals surface area (Å²) in [6.07, 6.45) is 7.83. The number of nitrogens with zero attached hydrogens (tertiary/aromatic N) is 3. The highest BCUT2D eigenvalue weighted by atomic mass is 16.6. The maximum Gasteiger partial charge on any atom is 0.329 e. The normalized spacial score (nSPS) is 27.7. The maximum atomic E-state index is 10.6. The molecule has 1 aromatic heterocycles. The van der Waals surface area contributed by atoms with Crippen LogP contribution in [0.25, 0.3) is 0 Å². The molecule has 1 heterocycles. The topological polar surface area (TPSA) is 107 Å². The van der Waals surface area contributed by atoms with Gasteiger partial charge in [-0.05, 0) is 43.4 Å². The number of nitro groups is 1. The van der Waals surface area contributed by atoms with Crippen LogP contribution in [0.2, 0.25) is 0 Å². The highest BCUT2D eigenvalue weighted by Gasteiger charge is 2.38. The number of aromatic nitrogens is 2. The third-order valence-electron chi connectivity index (χ3n) is 4.68. The SMILES string of the molecule is Nc1nc(NCCC2CC3CCC2C3)ncc1[N+](=O)[O-]. The lowest BCUT2D eigenvalue weighted by Crippen LogP contribution is -2.16. The Bertz CT molecular complexity index is 521. The van der Waals surface area contributed by atoms with Crippen molar-refractivity contribution >= 4 is 17.5 Å². The van der Waals surface area contributed by atoms with Crippen molar-refractivity contribution in [1.82, 2.24) is 9.97 Å². The summed E-state index contributed by atoms with van der Waals surface area (Å²) in [5, 5.41) is 13.7. The molecule has 2 saturated carbocycles. The molecule has 0 saturated heterocycles. The van der Waals surface area contributed by atoms with Crippen molar-refractivity contribution in [2.75, 3.05) is 17.6 Å². The summed E-state index contributed by atoms with van der Waals surface area (Å²) >= 11 is 0. The molecule has 2 aliphatic rings. The summed E-state index contributed by atoms with van der Waals surface area (Å²) in [5.41, 5.74) is 5.29. The molecule has 1 aromatic rings. The van der Waals surface area contributed by atoms with Crippen LogP contribution in [0.5, 0.6) is 0 Å². The van der Waals surface area contributed by atoms with Gasteiger partial charge in [0.05, 0.1) is 4.92 Å². The van der Waals surface area contributed by atoms with E-state index in [1.165, 1.54) is 25.7 Å². The number of nitrogen functional groups attached to an aromatic ring is 1. The van der Waals surface area contributed by atoms with E-state index in [-0.39, 0.29) is 11.5 Å². The molecule has 3 N–H and O–H groups in total. The van der Waals surface area contributed by atoms with Crippen molar-refractivity contribution in [3.63, 3.8) is 0 Å². The Balaban J connectivity index is 1.51. The predicted octanol–water partition coefficient (Wildman–Crippen LogP) is 2.21. The van der Waals surface area contributed by atoms with Gasteiger partial charge in [-0.25, -0.2) is 4.98 Å². The minimum Gasteiger partial charge on any atom is -0.378 e. The number of hydrogen-bond acceptors (Lipinski definition) is 6. The summed E-state index contributed by atoms with van der Waals surface area (Å²) in [6.45, 7) is 0.797. The third kappa shape index (κ3) is 2.52. The van der Waals surface area contributed by atoms with E-state index in [0.717, 1.165) is 36.9 Å². The van der Waals surface area contributed by atoms with Crippen LogP contribution in [0.15, 0.2) is 6.20 Å². The standard InChI is InChI=1S/C13H19N5O2/c14-12-11(18(19)20)7-16-13(17-12)15-4-3-10-6-8-1-2-9(10)5-8/h7-10H,1-6H2,(H3,14,15,16,17). The molecule has 0 spiro atoms. The number of hydrogen-bond donors (Lipinski definition) is 2. The van der Waals surface area contributed by atoms with Gasteiger partial charge in [0.2, 0.25) is 11.8 Å². The molecule has 0 amide bonds. The zero-order chi connectivity index (χ0) is 14.1. The summed E-state index contributed by atoms with van der Waals surface area (Å²) < 4.78 is 0. The molecule has 3 atom stereocenters. The Morgan fingerprint density at radius 1 is 1.45 bits per heavy atom. The molecule has 7 heteroatoms. The van der Waals surface area contributed by atoms with Gasteiger partial charge in [-0.3, -0.25) is 10.1 Å². The second-order valence-corrected chi connectivity index (χ2v) is 5.87. The lowest BCUT2D eigenvalue weighted by Gasteiger charge is -2.21. The number of fused-ring (bicyclic) bond motifs is 2. The molecule has 7 nitrogen and oxygen atoms in total. The summed E-state index contributed by atoms with van der Waals surface area (Å²) in [7, 11) is 0. The van der Waals surface area contributed by atoms with Crippen LogP contribution in [-0.4, -0.2) is 21.4 Å². The van der Waals surface area contributed by atoms with E-state index in [9.17, 15) is 10.1 Å². The van der Waals surface area contributed by atoms with Gasteiger partial charge in [0.15, 0.2) is 0 Å². The van der Waals surface area contributed by atoms with E-state index in [2.05, 4.69) is 15.3 Å². The van der Waals surface area contributed by atoms with Gasteiger partial charge in [-0.15, -0.1) is 0 Å². The Morgan fingerprint density at radius 3 is 2.90 bits per heavy atom. The van der Waals surface area contributed by atoms with E-state index >= 15 is 0 Å². The number of nitrogens with two attached hydrogens (primary N) is 1. The highest BCUT2D eigenvalue weighted by molar-refractivity contribution is 5.53. The van der Waals surface area contributed by atoms with Crippen molar-refractivity contribution in [3.05, 3.63) is 16.3 Å². The second-order valence-electron chi connectivity index (χ2n) is 5.87. The second kappa shape index (κ2) is 5.22. The molecule has 20 heavy (non-hydrogen) atoms. The molecule has 2 aliphatic carbocycles. The molecule has 3 unspecified atom stereocenters. The number of anilines is 2. The zero-order valence-electron chi connectivity index (χ0n) is 11.3. The lowest BCUT2D eigenvalue weighted by molar-refractivity contribution is -0.384. The summed E-state index contributed by atoms with van der Waals surface area (Å²) in [6, 6.07) is 0. The largest absolute Gasteiger partial charge is 0.378 e. The fourth-order valence-electron chi connectivity index (χ4n) is 3.71. The first-order chi connectivity index (χ1) is 9.63. The van der Waals surface area contributed by atoms with Gasteiger partial charge in [0, 0.05) is 6.54 Å². The third-order valence-corrected chi connectivity index (χ3v) is 4.68. The van der Waals surface area contributed by atoms with Gasteiger partial charge in [0.1, 0.15) is 6.20 Å². The first kappa shape index (κ1) is 13.1. The smallest absolute Gasteiger partial charge is 0.329 e. The van der Waals surface area contributed by atoms with E-state index < -0.39 is 4.92 Å². The summed E-state index contributed by atoms with van der Waals surface area (Å²) in [5.74, 6) is 2.96. The monoisotopic (exact) mass is 277 g/mol. The van der Waals surface area contributed by atoms with Crippen LogP contribution in [0, 0.1) is 27.9 Å². The first-order valence-electron chi connectivity index (χ1n) is 7.14. The minimum atomic E-state index is -0.575. The highest BCUT2D eigenvalue weighted by Crippen LogP contribution is 2.49. The lowest BCUT2D eigenvalue weighted by atomic mass is 9.86. The van der Waals surface area contributed by atoms with Gasteiger partial charge in [-0.1, -0.05) is 6.42 Å². The van der Waals surface area contributed by atoms with E-state index in [1.54, 1.807) is 0 Å². The fourth-order valence-corrected chi connectivity index (χ4v) is 3.71. The van der Waals surface area contributed by atoms with Crippen LogP contribution in [0.4, 0.5) is 17.5 Å². The van der Waals surface area contributed by atoms with Gasteiger partial charge < -0.3 is 11.1 Å². The van der Waals surface area contributed by atoms with Crippen molar-refractivity contribution in [1.29, 1.82) is 0 Å². The molecular formula is C13H19N5O2. The van der Waals surface area contributed by atoms with Crippen molar-refractivity contribution in [3.8, 4) is 0 Å². The Morgan fingerprint density at radius 2 is 2.30 bits per heavy atom. The van der Waals surface area contributed by atoms with Gasteiger partial charge >= 0.3 is 5.69 Å². The maximum absolute atomic E-state index is 10.6. The minimum absolute atomic E-state index is 0.0903. The molecule has 0 aliphatic heterocycles.